The number of methoxy groups -OCH3 is 1. The average Bonchev–Trinajstić information content (AvgIpc) is 2.67. The Labute approximate surface area is 193 Å². The van der Waals surface area contributed by atoms with Gasteiger partial charge < -0.3 is 24.8 Å². The summed E-state index contributed by atoms with van der Waals surface area (Å²) < 4.78 is 15.8. The Hall–Kier alpha value is -2.13. The van der Waals surface area contributed by atoms with Gasteiger partial charge in [-0.05, 0) is 51.3 Å². The Kier molecular flexibility index (Phi) is 13.8. The second-order valence-corrected chi connectivity index (χ2v) is 9.13. The van der Waals surface area contributed by atoms with Gasteiger partial charge in [-0.25, -0.2) is 4.79 Å². The molecule has 2 N–H and O–H groups in total. The van der Waals surface area contributed by atoms with Crippen molar-refractivity contribution >= 4 is 34.4 Å². The highest BCUT2D eigenvalue weighted by molar-refractivity contribution is 9.10. The molecule has 0 aromatic heterocycles. The lowest BCUT2D eigenvalue weighted by Gasteiger charge is -2.25. The van der Waals surface area contributed by atoms with Crippen LogP contribution in [-0.4, -0.2) is 49.9 Å². The van der Waals surface area contributed by atoms with Crippen LogP contribution in [-0.2, 0) is 30.4 Å². The molecule has 176 valence electrons. The third-order valence-corrected chi connectivity index (χ3v) is 4.47. The first-order valence-electron chi connectivity index (χ1n) is 9.98. The topological polar surface area (TPSA) is 103 Å². The van der Waals surface area contributed by atoms with Gasteiger partial charge in [-0.2, -0.15) is 0 Å². The summed E-state index contributed by atoms with van der Waals surface area (Å²) in [6.07, 6.45) is -0.646. The van der Waals surface area contributed by atoms with E-state index < -0.39 is 17.7 Å². The van der Waals surface area contributed by atoms with Crippen LogP contribution in [0.3, 0.4) is 0 Å². The van der Waals surface area contributed by atoms with E-state index in [0.29, 0.717) is 13.1 Å². The maximum Gasteiger partial charge on any atom is 0.408 e. The van der Waals surface area contributed by atoms with Gasteiger partial charge in [-0.3, -0.25) is 9.59 Å². The Bertz CT molecular complexity index is 674. The first kappa shape index (κ1) is 28.9. The van der Waals surface area contributed by atoms with E-state index in [4.69, 9.17) is 14.3 Å². The van der Waals surface area contributed by atoms with E-state index in [0.717, 1.165) is 10.0 Å². The number of ether oxygens (including phenoxy) is 3. The highest BCUT2D eigenvalue weighted by Gasteiger charge is 2.26. The number of rotatable bonds is 9. The summed E-state index contributed by atoms with van der Waals surface area (Å²) in [5, 5.41) is 5.52. The molecule has 31 heavy (non-hydrogen) atoms. The molecule has 9 heteroatoms. The number of hydrogen-bond acceptors (Lipinski definition) is 6. The Morgan fingerprint density at radius 3 is 2.10 bits per heavy atom. The zero-order chi connectivity index (χ0) is 24.0. The third-order valence-electron chi connectivity index (χ3n) is 3.94. The van der Waals surface area contributed by atoms with E-state index in [1.54, 1.807) is 20.8 Å². The highest BCUT2D eigenvalue weighted by atomic mass is 79.9. The molecule has 0 saturated carbocycles. The van der Waals surface area contributed by atoms with Gasteiger partial charge in [0.1, 0.15) is 11.6 Å². The summed E-state index contributed by atoms with van der Waals surface area (Å²) in [6.45, 7) is 12.0. The van der Waals surface area contributed by atoms with Crippen molar-refractivity contribution in [3.05, 3.63) is 34.3 Å². The normalized spacial score (nSPS) is 12.7. The van der Waals surface area contributed by atoms with E-state index in [1.165, 1.54) is 7.11 Å². The van der Waals surface area contributed by atoms with Gasteiger partial charge in [0.15, 0.2) is 0 Å². The fourth-order valence-corrected chi connectivity index (χ4v) is 2.26. The Morgan fingerprint density at radius 2 is 1.65 bits per heavy atom. The number of carbonyl (C=O) groups excluding carboxylic acids is 3. The van der Waals surface area contributed by atoms with Crippen LogP contribution in [0.5, 0.6) is 0 Å². The fraction of sp³-hybridized carbons (Fsp3) is 0.591. The lowest BCUT2D eigenvalue weighted by molar-refractivity contribution is -0.126. The van der Waals surface area contributed by atoms with Crippen molar-refractivity contribution in [2.75, 3.05) is 13.7 Å². The minimum Gasteiger partial charge on any atom is -0.471 e. The smallest absolute Gasteiger partial charge is 0.408 e. The molecule has 0 aliphatic heterocycles. The van der Waals surface area contributed by atoms with Crippen LogP contribution < -0.4 is 10.6 Å². The van der Waals surface area contributed by atoms with Gasteiger partial charge >= 0.3 is 6.09 Å². The van der Waals surface area contributed by atoms with Crippen LogP contribution in [0, 0.1) is 5.92 Å². The predicted octanol–water partition coefficient (Wildman–Crippen LogP) is 3.81. The standard InChI is InChI=1S/C20H31BrN2O4.C2H4O2/c1-13(2)14(3)22-18(24)17(23-19(25)27-20(4,5)6)12-26-11-15-7-9-16(21)10-8-15;1-4-2-3/h7-10,13-14,17H,11-12H2,1-6H3,(H,22,24)(H,23,25);2H,1H3. The SMILES string of the molecule is CC(C)C(C)NC(=O)C(COCc1ccc(Br)cc1)NC(=O)OC(C)(C)C.COC=O. The second-order valence-electron chi connectivity index (χ2n) is 8.21. The maximum atomic E-state index is 12.6. The molecule has 0 aliphatic carbocycles. The van der Waals surface area contributed by atoms with E-state index in [9.17, 15) is 9.59 Å². The minimum absolute atomic E-state index is 0.0214. The number of amides is 2. The largest absolute Gasteiger partial charge is 0.471 e. The molecule has 0 fully saturated rings. The van der Waals surface area contributed by atoms with Crippen LogP contribution in [0.1, 0.15) is 47.1 Å². The summed E-state index contributed by atoms with van der Waals surface area (Å²) >= 11 is 3.39. The molecule has 2 atom stereocenters. The molecule has 0 bridgehead atoms. The van der Waals surface area contributed by atoms with Crippen molar-refractivity contribution in [2.24, 2.45) is 5.92 Å². The number of hydrogen-bond donors (Lipinski definition) is 2. The van der Waals surface area contributed by atoms with Gasteiger partial charge in [0.25, 0.3) is 6.47 Å². The molecule has 1 aromatic rings. The highest BCUT2D eigenvalue weighted by Crippen LogP contribution is 2.12. The van der Waals surface area contributed by atoms with Crippen LogP contribution in [0.4, 0.5) is 4.79 Å². The first-order chi connectivity index (χ1) is 14.4. The van der Waals surface area contributed by atoms with Crippen molar-refractivity contribution < 1.29 is 28.6 Å². The van der Waals surface area contributed by atoms with Crippen LogP contribution in [0.15, 0.2) is 28.7 Å². The van der Waals surface area contributed by atoms with E-state index in [2.05, 4.69) is 31.3 Å². The summed E-state index contributed by atoms with van der Waals surface area (Å²) in [5.41, 5.74) is 0.333. The van der Waals surface area contributed by atoms with Gasteiger partial charge in [-0.1, -0.05) is 41.9 Å². The van der Waals surface area contributed by atoms with Crippen molar-refractivity contribution in [2.45, 2.75) is 65.8 Å². The fourth-order valence-electron chi connectivity index (χ4n) is 2.00. The number of alkyl carbamates (subject to hydrolysis) is 1. The molecule has 1 rings (SSSR count). The molecular weight excluding hydrogens is 468 g/mol. The number of nitrogens with one attached hydrogen (secondary N) is 2. The zero-order valence-corrected chi connectivity index (χ0v) is 20.9. The summed E-state index contributed by atoms with van der Waals surface area (Å²) in [6, 6.07) is 6.85. The molecule has 2 amide bonds. The average molecular weight is 503 g/mol. The van der Waals surface area contributed by atoms with Crippen LogP contribution in [0.2, 0.25) is 0 Å². The first-order valence-corrected chi connectivity index (χ1v) is 10.8. The number of halogens is 1. The molecule has 0 heterocycles. The van der Waals surface area contributed by atoms with Crippen LogP contribution in [0.25, 0.3) is 0 Å². The third kappa shape index (κ3) is 14.5. The van der Waals surface area contributed by atoms with Crippen molar-refractivity contribution in [1.82, 2.24) is 10.6 Å². The van der Waals surface area contributed by atoms with E-state index in [1.807, 2.05) is 45.0 Å². The molecular formula is C22H35BrN2O6. The lowest BCUT2D eigenvalue weighted by Crippen LogP contribution is -2.53. The monoisotopic (exact) mass is 502 g/mol. The van der Waals surface area contributed by atoms with Gasteiger partial charge in [0, 0.05) is 10.5 Å². The molecule has 0 aliphatic rings. The maximum absolute atomic E-state index is 12.6. The number of carbonyl (C=O) groups is 3. The summed E-state index contributed by atoms with van der Waals surface area (Å²) in [5.74, 6) is -0.0160. The molecule has 2 unspecified atom stereocenters. The zero-order valence-electron chi connectivity index (χ0n) is 19.4. The molecule has 0 spiro atoms. The Morgan fingerprint density at radius 1 is 1.10 bits per heavy atom. The molecule has 0 radical (unpaired) electrons. The van der Waals surface area contributed by atoms with Crippen molar-refractivity contribution in [1.29, 1.82) is 0 Å². The second kappa shape index (κ2) is 14.8. The summed E-state index contributed by atoms with van der Waals surface area (Å²) in [4.78, 5) is 33.6. The van der Waals surface area contributed by atoms with Crippen molar-refractivity contribution in [3.8, 4) is 0 Å². The van der Waals surface area contributed by atoms with E-state index >= 15 is 0 Å². The summed E-state index contributed by atoms with van der Waals surface area (Å²) in [7, 11) is 1.31. The van der Waals surface area contributed by atoms with Crippen molar-refractivity contribution in [3.63, 3.8) is 0 Å². The van der Waals surface area contributed by atoms with Gasteiger partial charge in [0.05, 0.1) is 20.3 Å². The quantitative estimate of drug-likeness (QED) is 0.497. The Balaban J connectivity index is 0.00000206. The molecule has 0 saturated heterocycles. The van der Waals surface area contributed by atoms with Gasteiger partial charge in [0.2, 0.25) is 5.91 Å². The van der Waals surface area contributed by atoms with Gasteiger partial charge in [-0.15, -0.1) is 0 Å². The molecule has 8 nitrogen and oxygen atoms in total. The number of benzene rings is 1. The van der Waals surface area contributed by atoms with Crippen LogP contribution >= 0.6 is 15.9 Å². The minimum atomic E-state index is -0.837. The lowest BCUT2D eigenvalue weighted by atomic mass is 10.1. The van der Waals surface area contributed by atoms with E-state index in [-0.39, 0.29) is 24.5 Å². The predicted molar refractivity (Wildman–Crippen MR) is 122 cm³/mol. The molecule has 1 aromatic carbocycles.